The number of hydrogen-bond donors (Lipinski definition) is 0. The lowest BCUT2D eigenvalue weighted by Gasteiger charge is -1.98. The largest absolute Gasteiger partial charge is 0.238 e. The standard InChI is InChI=1S/C10H18F2/c1-2-3-4-5-6-7-8-9-10(11)12/h2-3,10H,4-9H2,1H3. The van der Waals surface area contributed by atoms with Crippen molar-refractivity contribution in [2.45, 2.75) is 51.9 Å². The molecule has 0 aliphatic rings. The predicted octanol–water partition coefficient (Wildman–Crippen LogP) is 4.17. The lowest BCUT2D eigenvalue weighted by atomic mass is 10.1. The molecule has 0 aromatic carbocycles. The summed E-state index contributed by atoms with van der Waals surface area (Å²) in [6.07, 6.45) is 7.03. The number of alkyl halides is 2. The molecule has 0 aromatic rings. The van der Waals surface area contributed by atoms with Crippen LogP contribution in [-0.2, 0) is 0 Å². The Kier molecular flexibility index (Phi) is 8.40. The van der Waals surface area contributed by atoms with E-state index in [-0.39, 0.29) is 6.42 Å². The molecule has 2 heteroatoms. The fourth-order valence-electron chi connectivity index (χ4n) is 1.08. The third kappa shape index (κ3) is 9.60. The Morgan fingerprint density at radius 3 is 2.33 bits per heavy atom. The van der Waals surface area contributed by atoms with Gasteiger partial charge in [0.05, 0.1) is 0 Å². The first kappa shape index (κ1) is 11.6. The molecular formula is C10H18F2. The van der Waals surface area contributed by atoms with Crippen LogP contribution in [0.5, 0.6) is 0 Å². The lowest BCUT2D eigenvalue weighted by Crippen LogP contribution is -1.89. The zero-order chi connectivity index (χ0) is 9.23. The average Bonchev–Trinajstić information content (AvgIpc) is 2.02. The molecule has 0 bridgehead atoms. The van der Waals surface area contributed by atoms with Crippen LogP contribution in [0.2, 0.25) is 0 Å². The zero-order valence-electron chi connectivity index (χ0n) is 7.73. The van der Waals surface area contributed by atoms with Crippen LogP contribution in [0.15, 0.2) is 12.2 Å². The van der Waals surface area contributed by atoms with Gasteiger partial charge < -0.3 is 0 Å². The van der Waals surface area contributed by atoms with Crippen molar-refractivity contribution in [3.05, 3.63) is 12.2 Å². The summed E-state index contributed by atoms with van der Waals surface area (Å²) in [6.45, 7) is 2.00. The Morgan fingerprint density at radius 1 is 1.08 bits per heavy atom. The van der Waals surface area contributed by atoms with Crippen LogP contribution in [0.1, 0.15) is 45.4 Å². The summed E-state index contributed by atoms with van der Waals surface area (Å²) >= 11 is 0. The van der Waals surface area contributed by atoms with Gasteiger partial charge in [-0.3, -0.25) is 0 Å². The molecule has 0 saturated carbocycles. The van der Waals surface area contributed by atoms with Gasteiger partial charge in [0.25, 0.3) is 0 Å². The molecule has 12 heavy (non-hydrogen) atoms. The molecule has 0 radical (unpaired) electrons. The van der Waals surface area contributed by atoms with E-state index in [4.69, 9.17) is 0 Å². The molecule has 0 nitrogen and oxygen atoms in total. The highest BCUT2D eigenvalue weighted by molar-refractivity contribution is 4.76. The predicted molar refractivity (Wildman–Crippen MR) is 48.5 cm³/mol. The Balaban J connectivity index is 2.91. The fourth-order valence-corrected chi connectivity index (χ4v) is 1.08. The molecule has 0 aromatic heterocycles. The van der Waals surface area contributed by atoms with Gasteiger partial charge in [-0.1, -0.05) is 25.0 Å². The Morgan fingerprint density at radius 2 is 1.75 bits per heavy atom. The van der Waals surface area contributed by atoms with Crippen molar-refractivity contribution in [3.63, 3.8) is 0 Å². The minimum Gasteiger partial charge on any atom is -0.211 e. The first-order valence-corrected chi connectivity index (χ1v) is 4.66. The summed E-state index contributed by atoms with van der Waals surface area (Å²) in [7, 11) is 0. The van der Waals surface area contributed by atoms with Crippen molar-refractivity contribution in [2.75, 3.05) is 0 Å². The Labute approximate surface area is 73.7 Å². The van der Waals surface area contributed by atoms with Gasteiger partial charge in [0, 0.05) is 6.42 Å². The van der Waals surface area contributed by atoms with E-state index in [2.05, 4.69) is 6.08 Å². The molecule has 0 atom stereocenters. The van der Waals surface area contributed by atoms with Crippen LogP contribution in [0, 0.1) is 0 Å². The highest BCUT2D eigenvalue weighted by atomic mass is 19.3. The second-order valence-corrected chi connectivity index (χ2v) is 2.95. The van der Waals surface area contributed by atoms with E-state index in [1.54, 1.807) is 0 Å². The van der Waals surface area contributed by atoms with Gasteiger partial charge >= 0.3 is 0 Å². The molecule has 0 N–H and O–H groups in total. The van der Waals surface area contributed by atoms with Gasteiger partial charge in [0.15, 0.2) is 0 Å². The average molecular weight is 176 g/mol. The van der Waals surface area contributed by atoms with Crippen LogP contribution in [0.4, 0.5) is 8.78 Å². The lowest BCUT2D eigenvalue weighted by molar-refractivity contribution is 0.133. The smallest absolute Gasteiger partial charge is 0.211 e. The third-order valence-electron chi connectivity index (χ3n) is 1.78. The summed E-state index contributed by atoms with van der Waals surface area (Å²) in [5, 5.41) is 0. The van der Waals surface area contributed by atoms with Crippen LogP contribution < -0.4 is 0 Å². The van der Waals surface area contributed by atoms with Crippen molar-refractivity contribution >= 4 is 0 Å². The van der Waals surface area contributed by atoms with Gasteiger partial charge in [0.1, 0.15) is 0 Å². The molecule has 0 rings (SSSR count). The van der Waals surface area contributed by atoms with Crippen molar-refractivity contribution in [3.8, 4) is 0 Å². The first-order valence-electron chi connectivity index (χ1n) is 4.66. The fraction of sp³-hybridized carbons (Fsp3) is 0.800. The van der Waals surface area contributed by atoms with Crippen LogP contribution in [0.25, 0.3) is 0 Å². The molecule has 0 saturated heterocycles. The van der Waals surface area contributed by atoms with E-state index in [1.165, 1.54) is 0 Å². The van der Waals surface area contributed by atoms with Crippen LogP contribution in [0.3, 0.4) is 0 Å². The molecule has 0 fully saturated rings. The van der Waals surface area contributed by atoms with Crippen LogP contribution in [-0.4, -0.2) is 6.43 Å². The summed E-state index contributed by atoms with van der Waals surface area (Å²) in [6, 6.07) is 0. The van der Waals surface area contributed by atoms with Gasteiger partial charge in [-0.2, -0.15) is 0 Å². The minimum atomic E-state index is -2.11. The molecule has 0 heterocycles. The number of allylic oxidation sites excluding steroid dienone is 2. The molecular weight excluding hydrogens is 158 g/mol. The normalized spacial score (nSPS) is 11.7. The van der Waals surface area contributed by atoms with Crippen molar-refractivity contribution in [1.29, 1.82) is 0 Å². The second kappa shape index (κ2) is 8.69. The highest BCUT2D eigenvalue weighted by Crippen LogP contribution is 2.09. The number of unbranched alkanes of at least 4 members (excludes halogenated alkanes) is 4. The van der Waals surface area contributed by atoms with E-state index in [1.807, 2.05) is 13.0 Å². The minimum absolute atomic E-state index is 0.0730. The van der Waals surface area contributed by atoms with Gasteiger partial charge in [-0.15, -0.1) is 0 Å². The summed E-state index contributed by atoms with van der Waals surface area (Å²) in [5.41, 5.74) is 0. The van der Waals surface area contributed by atoms with Gasteiger partial charge in [-0.05, 0) is 26.2 Å². The van der Waals surface area contributed by atoms with E-state index in [0.29, 0.717) is 6.42 Å². The number of hydrogen-bond acceptors (Lipinski definition) is 0. The maximum atomic E-state index is 11.7. The first-order chi connectivity index (χ1) is 5.77. The summed E-state index contributed by atoms with van der Waals surface area (Å²) in [5.74, 6) is 0. The number of halogens is 2. The SMILES string of the molecule is CC=CCCCCCCC(F)F. The third-order valence-corrected chi connectivity index (χ3v) is 1.78. The van der Waals surface area contributed by atoms with Crippen molar-refractivity contribution in [2.24, 2.45) is 0 Å². The highest BCUT2D eigenvalue weighted by Gasteiger charge is 2.00. The number of rotatable bonds is 7. The molecule has 0 aliphatic heterocycles. The van der Waals surface area contributed by atoms with Gasteiger partial charge in [-0.25, -0.2) is 8.78 Å². The Bertz CT molecular complexity index is 108. The molecule has 0 amide bonds. The van der Waals surface area contributed by atoms with Crippen molar-refractivity contribution < 1.29 is 8.78 Å². The summed E-state index contributed by atoms with van der Waals surface area (Å²) < 4.78 is 23.3. The van der Waals surface area contributed by atoms with E-state index in [0.717, 1.165) is 25.7 Å². The Hall–Kier alpha value is -0.400. The van der Waals surface area contributed by atoms with Crippen LogP contribution >= 0.6 is 0 Å². The molecule has 0 aliphatic carbocycles. The summed E-state index contributed by atoms with van der Waals surface area (Å²) in [4.78, 5) is 0. The van der Waals surface area contributed by atoms with E-state index >= 15 is 0 Å². The maximum Gasteiger partial charge on any atom is 0.238 e. The van der Waals surface area contributed by atoms with Crippen molar-refractivity contribution in [1.82, 2.24) is 0 Å². The zero-order valence-corrected chi connectivity index (χ0v) is 7.73. The van der Waals surface area contributed by atoms with E-state index in [9.17, 15) is 8.78 Å². The molecule has 0 unspecified atom stereocenters. The topological polar surface area (TPSA) is 0 Å². The molecule has 0 spiro atoms. The monoisotopic (exact) mass is 176 g/mol. The quantitative estimate of drug-likeness (QED) is 0.403. The maximum absolute atomic E-state index is 11.7. The second-order valence-electron chi connectivity index (χ2n) is 2.95. The van der Waals surface area contributed by atoms with Gasteiger partial charge in [0.2, 0.25) is 6.43 Å². The molecule has 72 valence electrons. The van der Waals surface area contributed by atoms with E-state index < -0.39 is 6.43 Å².